The molecular formula is C48H81O10P. The molecule has 11 heteroatoms. The monoisotopic (exact) mass is 849 g/mol. The van der Waals surface area contributed by atoms with Gasteiger partial charge < -0.3 is 24.6 Å². The summed E-state index contributed by atoms with van der Waals surface area (Å²) in [4.78, 5) is 35.0. The van der Waals surface area contributed by atoms with Crippen LogP contribution in [0.5, 0.6) is 0 Å². The lowest BCUT2D eigenvalue weighted by molar-refractivity contribution is -0.161. The first-order valence-electron chi connectivity index (χ1n) is 22.5. The maximum Gasteiger partial charge on any atom is 0.472 e. The molecule has 3 N–H and O–H groups in total. The number of phosphoric acid groups is 1. The highest BCUT2D eigenvalue weighted by Crippen LogP contribution is 2.43. The molecule has 0 spiro atoms. The van der Waals surface area contributed by atoms with Gasteiger partial charge in [-0.15, -0.1) is 0 Å². The van der Waals surface area contributed by atoms with Gasteiger partial charge in [0.15, 0.2) is 6.10 Å². The van der Waals surface area contributed by atoms with Crippen LogP contribution >= 0.6 is 7.82 Å². The second-order valence-electron chi connectivity index (χ2n) is 14.7. The molecule has 1 unspecified atom stereocenters. The first kappa shape index (κ1) is 56.1. The summed E-state index contributed by atoms with van der Waals surface area (Å²) in [5.74, 6) is -1.00. The molecule has 3 atom stereocenters. The Morgan fingerprint density at radius 1 is 0.525 bits per heavy atom. The number of unbranched alkanes of at least 4 members (excludes halogenated alkanes) is 13. The summed E-state index contributed by atoms with van der Waals surface area (Å²) in [5.41, 5.74) is 0. The lowest BCUT2D eigenvalue weighted by Crippen LogP contribution is -2.29. The topological polar surface area (TPSA) is 149 Å². The van der Waals surface area contributed by atoms with Crippen LogP contribution < -0.4 is 0 Å². The number of aliphatic hydroxyl groups excluding tert-OH is 2. The van der Waals surface area contributed by atoms with Gasteiger partial charge in [-0.25, -0.2) is 4.57 Å². The van der Waals surface area contributed by atoms with Gasteiger partial charge in [-0.3, -0.25) is 18.6 Å². The van der Waals surface area contributed by atoms with Gasteiger partial charge in [0.25, 0.3) is 0 Å². The van der Waals surface area contributed by atoms with Crippen LogP contribution in [0.2, 0.25) is 0 Å². The average molecular weight is 849 g/mol. The van der Waals surface area contributed by atoms with E-state index in [1.165, 1.54) is 57.8 Å². The molecule has 0 aromatic carbocycles. The number of allylic oxidation sites excluding steroid dienone is 14. The Morgan fingerprint density at radius 3 is 1.46 bits per heavy atom. The molecule has 338 valence electrons. The van der Waals surface area contributed by atoms with Crippen LogP contribution in [-0.4, -0.2) is 65.7 Å². The van der Waals surface area contributed by atoms with E-state index in [4.69, 9.17) is 19.1 Å². The molecule has 59 heavy (non-hydrogen) atoms. The van der Waals surface area contributed by atoms with Crippen molar-refractivity contribution in [1.82, 2.24) is 0 Å². The number of hydrogen-bond donors (Lipinski definition) is 3. The highest BCUT2D eigenvalue weighted by molar-refractivity contribution is 7.47. The number of phosphoric ester groups is 1. The number of rotatable bonds is 41. The van der Waals surface area contributed by atoms with E-state index in [0.717, 1.165) is 64.2 Å². The van der Waals surface area contributed by atoms with Gasteiger partial charge in [0.05, 0.1) is 19.8 Å². The summed E-state index contributed by atoms with van der Waals surface area (Å²) < 4.78 is 32.7. The van der Waals surface area contributed by atoms with Crippen LogP contribution in [0, 0.1) is 0 Å². The molecule has 0 bridgehead atoms. The number of esters is 2. The summed E-state index contributed by atoms with van der Waals surface area (Å²) in [7, 11) is -4.64. The Bertz CT molecular complexity index is 1250. The molecule has 0 fully saturated rings. The van der Waals surface area contributed by atoms with Crippen LogP contribution in [0.1, 0.15) is 168 Å². The number of carbonyl (C=O) groups excluding carboxylic acids is 2. The van der Waals surface area contributed by atoms with Crippen LogP contribution in [0.25, 0.3) is 0 Å². The summed E-state index contributed by atoms with van der Waals surface area (Å²) in [6.45, 7) is 2.16. The zero-order chi connectivity index (χ0) is 43.3. The van der Waals surface area contributed by atoms with Crippen molar-refractivity contribution in [2.75, 3.05) is 26.4 Å². The highest BCUT2D eigenvalue weighted by atomic mass is 31.2. The van der Waals surface area contributed by atoms with E-state index in [1.807, 2.05) is 12.2 Å². The van der Waals surface area contributed by atoms with Gasteiger partial charge in [-0.05, 0) is 83.5 Å². The Kier molecular flexibility index (Phi) is 41.2. The Morgan fingerprint density at radius 2 is 0.949 bits per heavy atom. The fraction of sp³-hybridized carbons (Fsp3) is 0.667. The molecule has 0 aliphatic heterocycles. The largest absolute Gasteiger partial charge is 0.472 e. The third-order valence-corrected chi connectivity index (χ3v) is 9.98. The highest BCUT2D eigenvalue weighted by Gasteiger charge is 2.27. The normalized spacial score (nSPS) is 14.6. The molecule has 0 rings (SSSR count). The molecule has 0 aromatic rings. The predicted octanol–water partition coefficient (Wildman–Crippen LogP) is 12.2. The molecule has 0 amide bonds. The van der Waals surface area contributed by atoms with E-state index in [9.17, 15) is 24.2 Å². The molecule has 0 heterocycles. The molecule has 10 nitrogen and oxygen atoms in total. The van der Waals surface area contributed by atoms with E-state index in [1.54, 1.807) is 0 Å². The first-order chi connectivity index (χ1) is 28.7. The van der Waals surface area contributed by atoms with E-state index in [0.29, 0.717) is 19.3 Å². The zero-order valence-corrected chi connectivity index (χ0v) is 37.6. The van der Waals surface area contributed by atoms with Crippen molar-refractivity contribution in [3.8, 4) is 0 Å². The Labute approximate surface area is 358 Å². The van der Waals surface area contributed by atoms with Gasteiger partial charge >= 0.3 is 19.8 Å². The SMILES string of the molecule is CC/C=C/C/C=C/C/C=C/C/C=C/C/C=C/CCCC(=O)O[C@H](COC(=O)CCCCCCCCCCC/C=C/C/C=C/CCCCC)COP(=O)(O)OC[C@@H](O)CO. The van der Waals surface area contributed by atoms with Crippen LogP contribution in [-0.2, 0) is 32.7 Å². The molecule has 0 radical (unpaired) electrons. The molecule has 0 aromatic heterocycles. The van der Waals surface area contributed by atoms with E-state index >= 15 is 0 Å². The van der Waals surface area contributed by atoms with E-state index < -0.39 is 51.8 Å². The number of ether oxygens (including phenoxy) is 2. The lowest BCUT2D eigenvalue weighted by atomic mass is 10.1. The summed E-state index contributed by atoms with van der Waals surface area (Å²) in [5, 5.41) is 18.3. The first-order valence-corrected chi connectivity index (χ1v) is 24.0. The molecular weight excluding hydrogens is 767 g/mol. The smallest absolute Gasteiger partial charge is 0.462 e. The van der Waals surface area contributed by atoms with Gasteiger partial charge in [-0.2, -0.15) is 0 Å². The van der Waals surface area contributed by atoms with E-state index in [2.05, 4.69) is 91.3 Å². The Hall–Kier alpha value is -2.85. The average Bonchev–Trinajstić information content (AvgIpc) is 3.22. The summed E-state index contributed by atoms with van der Waals surface area (Å²) in [6, 6.07) is 0. The minimum absolute atomic E-state index is 0.101. The zero-order valence-electron chi connectivity index (χ0n) is 36.7. The third kappa shape index (κ3) is 43.1. The minimum Gasteiger partial charge on any atom is -0.462 e. The van der Waals surface area contributed by atoms with Crippen molar-refractivity contribution < 1.29 is 47.8 Å². The van der Waals surface area contributed by atoms with Crippen molar-refractivity contribution in [2.45, 2.75) is 180 Å². The fourth-order valence-electron chi connectivity index (χ4n) is 5.59. The van der Waals surface area contributed by atoms with Crippen LogP contribution in [0.15, 0.2) is 85.1 Å². The van der Waals surface area contributed by atoms with Crippen molar-refractivity contribution in [1.29, 1.82) is 0 Å². The second-order valence-corrected chi connectivity index (χ2v) is 16.1. The quantitative estimate of drug-likeness (QED) is 0.0235. The van der Waals surface area contributed by atoms with E-state index in [-0.39, 0.29) is 19.4 Å². The Balaban J connectivity index is 4.37. The summed E-state index contributed by atoms with van der Waals surface area (Å²) >= 11 is 0. The second kappa shape index (κ2) is 43.2. The third-order valence-electron chi connectivity index (χ3n) is 9.03. The van der Waals surface area contributed by atoms with Crippen molar-refractivity contribution in [3.63, 3.8) is 0 Å². The molecule has 0 aliphatic carbocycles. The summed E-state index contributed by atoms with van der Waals surface area (Å²) in [6.07, 6.45) is 51.2. The number of hydrogen-bond acceptors (Lipinski definition) is 9. The van der Waals surface area contributed by atoms with Crippen molar-refractivity contribution in [3.05, 3.63) is 85.1 Å². The standard InChI is InChI=1S/C48H81O10P/c1-3-5-7-9-11-13-15-17-19-21-22-24-25-27-29-31-33-35-37-39-47(51)55-43-46(44-57-59(53,54)56-42-45(50)41-49)58-48(52)40-38-36-34-32-30-28-26-23-20-18-16-14-12-10-8-6-4-2/h6,8,11-14,17-20,26,28,32,34,45-46,49-50H,3-5,7,9-10,15-16,21-25,27,29-31,33,35-44H2,1-2H3,(H,53,54)/b8-6+,13-11+,14-12+,19-17+,20-18+,28-26+,34-32+/t45-,46+/m0/s1. The maximum absolute atomic E-state index is 12.6. The molecule has 0 aliphatic rings. The fourth-order valence-corrected chi connectivity index (χ4v) is 6.38. The van der Waals surface area contributed by atoms with Crippen molar-refractivity contribution >= 4 is 19.8 Å². The van der Waals surface area contributed by atoms with Crippen molar-refractivity contribution in [2.24, 2.45) is 0 Å². The maximum atomic E-state index is 12.6. The lowest BCUT2D eigenvalue weighted by Gasteiger charge is -2.20. The number of carbonyl (C=O) groups is 2. The van der Waals surface area contributed by atoms with Crippen LogP contribution in [0.3, 0.4) is 0 Å². The van der Waals surface area contributed by atoms with Gasteiger partial charge in [0, 0.05) is 12.8 Å². The predicted molar refractivity (Wildman–Crippen MR) is 242 cm³/mol. The molecule has 0 saturated heterocycles. The van der Waals surface area contributed by atoms with Gasteiger partial charge in [-0.1, -0.05) is 157 Å². The van der Waals surface area contributed by atoms with Crippen LogP contribution in [0.4, 0.5) is 0 Å². The molecule has 0 saturated carbocycles. The van der Waals surface area contributed by atoms with Gasteiger partial charge in [0.1, 0.15) is 12.7 Å². The minimum atomic E-state index is -4.64. The number of aliphatic hydroxyl groups is 2. The van der Waals surface area contributed by atoms with Gasteiger partial charge in [0.2, 0.25) is 0 Å².